The Balaban J connectivity index is 1.53. The van der Waals surface area contributed by atoms with E-state index in [1.165, 1.54) is 12.8 Å². The standard InChI is InChI=1S/C18H22N2O3/c1-12-8-14-9-13(4-5-17(14)23-12)18(22)20-10-15(16(21)11-20)19-6-2-3-7-19/h4-5,8-9,15-16,21H,2-3,6-7,10-11H2,1H3/t15-,16-/m0/s1. The smallest absolute Gasteiger partial charge is 0.254 e. The zero-order valence-corrected chi connectivity index (χ0v) is 13.4. The fraction of sp³-hybridized carbons (Fsp3) is 0.500. The second-order valence-electron chi connectivity index (χ2n) is 6.70. The number of rotatable bonds is 2. The molecule has 1 amide bonds. The van der Waals surface area contributed by atoms with E-state index in [2.05, 4.69) is 4.90 Å². The molecule has 122 valence electrons. The summed E-state index contributed by atoms with van der Waals surface area (Å²) in [5.41, 5.74) is 1.46. The van der Waals surface area contributed by atoms with Crippen LogP contribution >= 0.6 is 0 Å². The average Bonchev–Trinajstić information content (AvgIpc) is 3.23. The number of carbonyl (C=O) groups is 1. The summed E-state index contributed by atoms with van der Waals surface area (Å²) in [6.45, 7) is 5.00. The van der Waals surface area contributed by atoms with Crippen LogP contribution in [0.2, 0.25) is 0 Å². The Morgan fingerprint density at radius 1 is 1.22 bits per heavy atom. The van der Waals surface area contributed by atoms with Gasteiger partial charge in [-0.2, -0.15) is 0 Å². The van der Waals surface area contributed by atoms with Gasteiger partial charge in [0.1, 0.15) is 11.3 Å². The van der Waals surface area contributed by atoms with Gasteiger partial charge in [-0.15, -0.1) is 0 Å². The number of nitrogens with zero attached hydrogens (tertiary/aromatic N) is 2. The first-order valence-electron chi connectivity index (χ1n) is 8.33. The molecule has 23 heavy (non-hydrogen) atoms. The van der Waals surface area contributed by atoms with Crippen molar-refractivity contribution < 1.29 is 14.3 Å². The minimum Gasteiger partial charge on any atom is -0.461 e. The van der Waals surface area contributed by atoms with Crippen LogP contribution in [0.4, 0.5) is 0 Å². The van der Waals surface area contributed by atoms with Crippen LogP contribution < -0.4 is 0 Å². The van der Waals surface area contributed by atoms with Crippen LogP contribution in [0, 0.1) is 6.92 Å². The highest BCUT2D eigenvalue weighted by Gasteiger charge is 2.38. The molecule has 1 aromatic carbocycles. The summed E-state index contributed by atoms with van der Waals surface area (Å²) in [5.74, 6) is 0.835. The van der Waals surface area contributed by atoms with Gasteiger partial charge in [0.25, 0.3) is 5.91 Å². The second-order valence-corrected chi connectivity index (χ2v) is 6.70. The predicted molar refractivity (Wildman–Crippen MR) is 87.5 cm³/mol. The number of aliphatic hydroxyl groups excluding tert-OH is 1. The molecule has 0 aliphatic carbocycles. The number of hydrogen-bond acceptors (Lipinski definition) is 4. The minimum absolute atomic E-state index is 0.00787. The summed E-state index contributed by atoms with van der Waals surface area (Å²) in [6, 6.07) is 7.56. The Morgan fingerprint density at radius 3 is 2.78 bits per heavy atom. The van der Waals surface area contributed by atoms with Crippen LogP contribution in [-0.4, -0.2) is 59.1 Å². The van der Waals surface area contributed by atoms with E-state index in [0.717, 1.165) is 29.8 Å². The molecule has 1 N–H and O–H groups in total. The number of hydrogen-bond donors (Lipinski definition) is 1. The second kappa shape index (κ2) is 5.65. The topological polar surface area (TPSA) is 56.9 Å². The number of furan rings is 1. The molecule has 2 aliphatic rings. The number of benzene rings is 1. The molecule has 5 heteroatoms. The van der Waals surface area contributed by atoms with Crippen LogP contribution in [-0.2, 0) is 0 Å². The summed E-state index contributed by atoms with van der Waals surface area (Å²) >= 11 is 0. The van der Waals surface area contributed by atoms with Crippen molar-refractivity contribution in [2.45, 2.75) is 31.9 Å². The third-order valence-electron chi connectivity index (χ3n) is 5.04. The van der Waals surface area contributed by atoms with Gasteiger partial charge in [0, 0.05) is 24.0 Å². The molecule has 0 saturated carbocycles. The van der Waals surface area contributed by atoms with Gasteiger partial charge in [-0.1, -0.05) is 0 Å². The first-order valence-corrected chi connectivity index (χ1v) is 8.33. The van der Waals surface area contributed by atoms with Gasteiger partial charge in [0.05, 0.1) is 12.1 Å². The van der Waals surface area contributed by atoms with Gasteiger partial charge in [-0.25, -0.2) is 0 Å². The van der Waals surface area contributed by atoms with E-state index >= 15 is 0 Å². The van der Waals surface area contributed by atoms with Gasteiger partial charge in [0.15, 0.2) is 0 Å². The van der Waals surface area contributed by atoms with Crippen molar-refractivity contribution in [3.05, 3.63) is 35.6 Å². The van der Waals surface area contributed by atoms with Crippen molar-refractivity contribution in [2.75, 3.05) is 26.2 Å². The molecule has 2 atom stereocenters. The van der Waals surface area contributed by atoms with Crippen LogP contribution in [0.25, 0.3) is 11.0 Å². The van der Waals surface area contributed by atoms with Crippen LogP contribution in [0.5, 0.6) is 0 Å². The first kappa shape index (κ1) is 14.7. The monoisotopic (exact) mass is 314 g/mol. The molecule has 1 aromatic heterocycles. The quantitative estimate of drug-likeness (QED) is 0.921. The van der Waals surface area contributed by atoms with E-state index in [4.69, 9.17) is 4.42 Å². The minimum atomic E-state index is -0.447. The number of aryl methyl sites for hydroxylation is 1. The number of aliphatic hydroxyl groups is 1. The lowest BCUT2D eigenvalue weighted by Crippen LogP contribution is -2.41. The number of β-amino-alcohol motifs (C(OH)–C–C–N with tert-alkyl or cyclic N) is 1. The molecular formula is C18H22N2O3. The lowest BCUT2D eigenvalue weighted by atomic mass is 10.1. The number of fused-ring (bicyclic) bond motifs is 1. The van der Waals surface area contributed by atoms with Crippen molar-refractivity contribution in [1.82, 2.24) is 9.80 Å². The zero-order valence-electron chi connectivity index (χ0n) is 13.4. The van der Waals surface area contributed by atoms with Gasteiger partial charge < -0.3 is 14.4 Å². The van der Waals surface area contributed by atoms with Crippen molar-refractivity contribution >= 4 is 16.9 Å². The lowest BCUT2D eigenvalue weighted by Gasteiger charge is -2.25. The Labute approximate surface area is 135 Å². The molecule has 2 fully saturated rings. The van der Waals surface area contributed by atoms with Crippen molar-refractivity contribution in [3.63, 3.8) is 0 Å². The third-order valence-corrected chi connectivity index (χ3v) is 5.04. The SMILES string of the molecule is Cc1cc2cc(C(=O)N3C[C@H](O)[C@@H](N4CCCC4)C3)ccc2o1. The van der Waals surface area contributed by atoms with Crippen molar-refractivity contribution in [3.8, 4) is 0 Å². The number of likely N-dealkylation sites (tertiary alicyclic amines) is 2. The Morgan fingerprint density at radius 2 is 2.00 bits per heavy atom. The number of carbonyl (C=O) groups excluding carboxylic acids is 1. The van der Waals surface area contributed by atoms with Gasteiger partial charge in [-0.3, -0.25) is 9.69 Å². The van der Waals surface area contributed by atoms with E-state index in [-0.39, 0.29) is 11.9 Å². The van der Waals surface area contributed by atoms with E-state index in [0.29, 0.717) is 18.7 Å². The predicted octanol–water partition coefficient (Wildman–Crippen LogP) is 2.02. The summed E-state index contributed by atoms with van der Waals surface area (Å²) in [6.07, 6.45) is 1.93. The number of amides is 1. The summed E-state index contributed by atoms with van der Waals surface area (Å²) in [7, 11) is 0. The van der Waals surface area contributed by atoms with E-state index < -0.39 is 6.10 Å². The molecule has 0 unspecified atom stereocenters. The normalized spacial score (nSPS) is 25.6. The summed E-state index contributed by atoms with van der Waals surface area (Å²) in [5, 5.41) is 11.3. The third kappa shape index (κ3) is 2.64. The molecule has 2 aromatic rings. The maximum atomic E-state index is 12.8. The molecule has 3 heterocycles. The van der Waals surface area contributed by atoms with Crippen molar-refractivity contribution in [1.29, 1.82) is 0 Å². The maximum absolute atomic E-state index is 12.8. The zero-order chi connectivity index (χ0) is 16.0. The molecule has 0 spiro atoms. The molecule has 4 rings (SSSR count). The average molecular weight is 314 g/mol. The van der Waals surface area contributed by atoms with E-state index in [1.54, 1.807) is 4.90 Å². The van der Waals surface area contributed by atoms with Gasteiger partial charge in [0.2, 0.25) is 0 Å². The first-order chi connectivity index (χ1) is 11.1. The van der Waals surface area contributed by atoms with E-state index in [1.807, 2.05) is 31.2 Å². The fourth-order valence-electron chi connectivity index (χ4n) is 3.86. The molecule has 2 saturated heterocycles. The Bertz CT molecular complexity index is 733. The molecule has 0 radical (unpaired) electrons. The molecule has 5 nitrogen and oxygen atoms in total. The Hall–Kier alpha value is -1.85. The van der Waals surface area contributed by atoms with Crippen molar-refractivity contribution in [2.24, 2.45) is 0 Å². The van der Waals surface area contributed by atoms with Crippen LogP contribution in [0.1, 0.15) is 29.0 Å². The molecule has 0 bridgehead atoms. The van der Waals surface area contributed by atoms with Gasteiger partial charge >= 0.3 is 0 Å². The highest BCUT2D eigenvalue weighted by atomic mass is 16.3. The summed E-state index contributed by atoms with van der Waals surface area (Å²) in [4.78, 5) is 16.9. The largest absolute Gasteiger partial charge is 0.461 e. The van der Waals surface area contributed by atoms with Crippen LogP contribution in [0.3, 0.4) is 0 Å². The Kier molecular flexibility index (Phi) is 3.62. The van der Waals surface area contributed by atoms with E-state index in [9.17, 15) is 9.90 Å². The van der Waals surface area contributed by atoms with Gasteiger partial charge in [-0.05, 0) is 57.1 Å². The highest BCUT2D eigenvalue weighted by Crippen LogP contribution is 2.24. The summed E-state index contributed by atoms with van der Waals surface area (Å²) < 4.78 is 5.56. The lowest BCUT2D eigenvalue weighted by molar-refractivity contribution is 0.0763. The van der Waals surface area contributed by atoms with Crippen LogP contribution in [0.15, 0.2) is 28.7 Å². The fourth-order valence-corrected chi connectivity index (χ4v) is 3.86. The molecule has 2 aliphatic heterocycles. The highest BCUT2D eigenvalue weighted by molar-refractivity contribution is 5.98. The molecular weight excluding hydrogens is 292 g/mol. The maximum Gasteiger partial charge on any atom is 0.254 e.